The number of aryl methyl sites for hydroxylation is 1. The molecule has 5 nitrogen and oxygen atoms in total. The van der Waals surface area contributed by atoms with Gasteiger partial charge in [-0.1, -0.05) is 29.4 Å². The van der Waals surface area contributed by atoms with Crippen LogP contribution in [0, 0.1) is 17.4 Å². The number of fused-ring (bicyclic) bond motifs is 2. The number of nitrogens with zero attached hydrogens (tertiary/aromatic N) is 5. The van der Waals surface area contributed by atoms with Crippen LogP contribution in [0.2, 0.25) is 0 Å². The van der Waals surface area contributed by atoms with Crippen LogP contribution in [0.15, 0.2) is 44.2 Å². The summed E-state index contributed by atoms with van der Waals surface area (Å²) < 4.78 is 36.3. The Morgan fingerprint density at radius 2 is 1.76 bits per heavy atom. The van der Waals surface area contributed by atoms with E-state index in [4.69, 9.17) is 5.53 Å². The van der Waals surface area contributed by atoms with Crippen LogP contribution in [0.5, 0.6) is 0 Å². The number of allylic oxidation sites excluding steroid dienone is 2. The van der Waals surface area contributed by atoms with Crippen LogP contribution in [0.25, 0.3) is 16.0 Å². The maximum Gasteiger partial charge on any atom is 0.737 e. The number of aromatic nitrogens is 1. The van der Waals surface area contributed by atoms with Gasteiger partial charge in [0.1, 0.15) is 5.71 Å². The van der Waals surface area contributed by atoms with Gasteiger partial charge in [-0.15, -0.1) is 0 Å². The summed E-state index contributed by atoms with van der Waals surface area (Å²) in [4.78, 5) is 2.79. The fraction of sp³-hybridized carbons (Fsp3) is 0.348. The summed E-state index contributed by atoms with van der Waals surface area (Å²) in [5.41, 5.74) is 15.6. The second-order valence-corrected chi connectivity index (χ2v) is 10.7. The van der Waals surface area contributed by atoms with Gasteiger partial charge in [0.05, 0.1) is 9.15 Å². The van der Waals surface area contributed by atoms with Crippen LogP contribution in [-0.2, 0) is 6.42 Å². The van der Waals surface area contributed by atoms with E-state index in [1.807, 2.05) is 26.0 Å². The van der Waals surface area contributed by atoms with Crippen LogP contribution < -0.4 is 0 Å². The molecule has 10 heteroatoms. The highest BCUT2D eigenvalue weighted by atomic mass is 127. The second-order valence-electron chi connectivity index (χ2n) is 8.56. The van der Waals surface area contributed by atoms with Crippen molar-refractivity contribution in [3.8, 4) is 0 Å². The van der Waals surface area contributed by atoms with Gasteiger partial charge in [-0.05, 0) is 113 Å². The number of benzene rings is 1. The first-order valence-electron chi connectivity index (χ1n) is 10.9. The van der Waals surface area contributed by atoms with Gasteiger partial charge >= 0.3 is 6.97 Å². The third-order valence-electron chi connectivity index (χ3n) is 6.58. The molecule has 3 heterocycles. The van der Waals surface area contributed by atoms with Crippen LogP contribution in [0.3, 0.4) is 0 Å². The number of rotatable bonds is 6. The van der Waals surface area contributed by atoms with Crippen LogP contribution in [0.1, 0.15) is 54.8 Å². The molecule has 0 aliphatic carbocycles. The van der Waals surface area contributed by atoms with E-state index in [1.54, 1.807) is 13.8 Å². The van der Waals surface area contributed by atoms with Gasteiger partial charge in [0, 0.05) is 33.2 Å². The highest BCUT2D eigenvalue weighted by Crippen LogP contribution is 2.47. The van der Waals surface area contributed by atoms with Gasteiger partial charge < -0.3 is 17.6 Å². The van der Waals surface area contributed by atoms with Crippen molar-refractivity contribution in [1.29, 1.82) is 0 Å². The number of hydrogen-bond acceptors (Lipinski definition) is 1. The van der Waals surface area contributed by atoms with Gasteiger partial charge in [-0.2, -0.15) is 0 Å². The molecule has 0 fully saturated rings. The standard InChI is InChI=1S/C23H24BF2I2N5/c1-13-20(27)15(3)32-22(13)19(23-14(2)21(28)16(4)33(23)24(32,25)26)18-10-8-17(9-11-18)7-5-6-12-30-31-29/h8-11H,5-7,12H2,1-4H3. The Kier molecular flexibility index (Phi) is 6.81. The molecule has 0 saturated heterocycles. The minimum absolute atomic E-state index is 0.505. The fourth-order valence-corrected chi connectivity index (χ4v) is 5.98. The van der Waals surface area contributed by atoms with E-state index in [9.17, 15) is 0 Å². The summed E-state index contributed by atoms with van der Waals surface area (Å²) in [5.74, 6) is 0. The Morgan fingerprint density at radius 3 is 2.39 bits per heavy atom. The van der Waals surface area contributed by atoms with Crippen molar-refractivity contribution in [2.24, 2.45) is 5.11 Å². The molecule has 33 heavy (non-hydrogen) atoms. The summed E-state index contributed by atoms with van der Waals surface area (Å²) in [6.45, 7) is 3.96. The van der Waals surface area contributed by atoms with Crippen molar-refractivity contribution in [2.45, 2.75) is 47.0 Å². The number of hydrogen-bond donors (Lipinski definition) is 0. The Balaban J connectivity index is 1.86. The third-order valence-corrected chi connectivity index (χ3v) is 9.76. The summed E-state index contributed by atoms with van der Waals surface area (Å²) in [7, 11) is 0. The highest BCUT2D eigenvalue weighted by Gasteiger charge is 2.56. The Morgan fingerprint density at radius 1 is 1.09 bits per heavy atom. The minimum Gasteiger partial charge on any atom is -0.392 e. The maximum absolute atomic E-state index is 16.0. The van der Waals surface area contributed by atoms with E-state index in [2.05, 4.69) is 67.3 Å². The van der Waals surface area contributed by atoms with Crippen molar-refractivity contribution in [3.05, 3.63) is 81.2 Å². The molecule has 0 unspecified atom stereocenters. The van der Waals surface area contributed by atoms with Crippen LogP contribution in [0.4, 0.5) is 8.63 Å². The van der Waals surface area contributed by atoms with Crippen molar-refractivity contribution in [1.82, 2.24) is 4.48 Å². The largest absolute Gasteiger partial charge is 0.737 e. The average molecular weight is 673 g/mol. The van der Waals surface area contributed by atoms with Crippen molar-refractivity contribution < 1.29 is 13.1 Å². The topological polar surface area (TPSA) is 56.7 Å². The quantitative estimate of drug-likeness (QED) is 0.0761. The molecular weight excluding hydrogens is 649 g/mol. The molecule has 2 aromatic rings. The molecule has 4 rings (SSSR count). The lowest BCUT2D eigenvalue weighted by molar-refractivity contribution is -0.363. The fourth-order valence-electron chi connectivity index (χ4n) is 4.95. The Bertz CT molecular complexity index is 1300. The normalized spacial score (nSPS) is 16.8. The molecule has 0 amide bonds. The Hall–Kier alpha value is -1.66. The van der Waals surface area contributed by atoms with Crippen molar-refractivity contribution in [2.75, 3.05) is 6.54 Å². The zero-order valence-electron chi connectivity index (χ0n) is 19.0. The smallest absolute Gasteiger partial charge is 0.392 e. The molecular formula is C23H24BF2I2N5. The Labute approximate surface area is 219 Å². The molecule has 0 spiro atoms. The lowest BCUT2D eigenvalue weighted by Gasteiger charge is -2.34. The molecule has 0 N–H and O–H groups in total. The molecule has 0 bridgehead atoms. The van der Waals surface area contributed by atoms with Crippen molar-refractivity contribution in [3.63, 3.8) is 0 Å². The zero-order valence-corrected chi connectivity index (χ0v) is 23.3. The van der Waals surface area contributed by atoms with Crippen LogP contribution in [-0.4, -0.2) is 28.2 Å². The number of halogens is 4. The highest BCUT2D eigenvalue weighted by molar-refractivity contribution is 14.1. The first kappa shape index (κ1) is 24.5. The molecule has 0 atom stereocenters. The summed E-state index contributed by atoms with van der Waals surface area (Å²) in [6, 6.07) is 8.25. The predicted molar refractivity (Wildman–Crippen MR) is 147 cm³/mol. The monoisotopic (exact) mass is 673 g/mol. The lowest BCUT2D eigenvalue weighted by atomic mass is 9.83. The van der Waals surface area contributed by atoms with E-state index in [0.717, 1.165) is 48.7 Å². The second kappa shape index (κ2) is 9.18. The summed E-state index contributed by atoms with van der Waals surface area (Å²) >= 11 is 4.38. The van der Waals surface area contributed by atoms with E-state index < -0.39 is 6.97 Å². The zero-order chi connectivity index (χ0) is 24.1. The van der Waals surface area contributed by atoms with E-state index in [1.165, 1.54) is 14.5 Å². The molecule has 172 valence electrons. The summed E-state index contributed by atoms with van der Waals surface area (Å²) in [5, 5.41) is 3.58. The molecule has 0 saturated carbocycles. The maximum atomic E-state index is 16.0. The van der Waals surface area contributed by atoms with Gasteiger partial charge in [-0.25, -0.2) is 0 Å². The third kappa shape index (κ3) is 3.87. The number of azide groups is 1. The van der Waals surface area contributed by atoms with E-state index >= 15 is 8.63 Å². The van der Waals surface area contributed by atoms with Gasteiger partial charge in [-0.3, -0.25) is 0 Å². The summed E-state index contributed by atoms with van der Waals surface area (Å²) in [6.07, 6.45) is 2.66. The molecule has 2 aliphatic rings. The first-order chi connectivity index (χ1) is 15.6. The van der Waals surface area contributed by atoms with Gasteiger partial charge in [0.25, 0.3) is 0 Å². The van der Waals surface area contributed by atoms with Crippen LogP contribution >= 0.6 is 45.2 Å². The minimum atomic E-state index is -4.00. The molecule has 2 aliphatic heterocycles. The molecule has 1 aromatic heterocycles. The number of unbranched alkanes of at least 4 members (excludes halogenated alkanes) is 1. The SMILES string of the molecule is CC1=C(I)C(C)=[N+]2C1=C(c1ccc(CCCCN=[N+]=[N-])cc1)c1c(C)c(I)c(C)n1[B-]2(F)F. The first-order valence-corrected chi connectivity index (χ1v) is 13.0. The van der Waals surface area contributed by atoms with Gasteiger partial charge in [0.15, 0.2) is 5.70 Å². The predicted octanol–water partition coefficient (Wildman–Crippen LogP) is 7.53. The lowest BCUT2D eigenvalue weighted by Crippen LogP contribution is -2.51. The van der Waals surface area contributed by atoms with E-state index in [0.29, 0.717) is 29.3 Å². The average Bonchev–Trinajstić information content (AvgIpc) is 3.16. The van der Waals surface area contributed by atoms with Crippen molar-refractivity contribution >= 4 is 63.4 Å². The molecule has 1 aromatic carbocycles. The van der Waals surface area contributed by atoms with E-state index in [-0.39, 0.29) is 0 Å². The van der Waals surface area contributed by atoms with Gasteiger partial charge in [0.2, 0.25) is 0 Å². The molecule has 0 radical (unpaired) electrons.